The lowest BCUT2D eigenvalue weighted by Gasteiger charge is -2.14. The average Bonchev–Trinajstić information content (AvgIpc) is 3.08. The number of esters is 1. The van der Waals surface area contributed by atoms with Crippen LogP contribution in [0.1, 0.15) is 15.5 Å². The Morgan fingerprint density at radius 1 is 1.31 bits per heavy atom. The third-order valence-corrected chi connectivity index (χ3v) is 5.82. The van der Waals surface area contributed by atoms with Gasteiger partial charge in [-0.25, -0.2) is 27.9 Å². The number of hydrogen-bond donors (Lipinski definition) is 2. The van der Waals surface area contributed by atoms with Gasteiger partial charge in [-0.15, -0.1) is 11.3 Å². The summed E-state index contributed by atoms with van der Waals surface area (Å²) in [6.45, 7) is 2.23. The molecular formula is C15H21N5O4S2. The molecule has 0 aliphatic rings. The number of hydrogen-bond acceptors (Lipinski definition) is 9. The zero-order valence-electron chi connectivity index (χ0n) is 14.9. The SMILES string of the molecule is COC(=O)c1sccc1S(=O)(=O)NCCNc1cc(N(C)C)nc(C)n1. The number of aryl methyl sites for hydroxylation is 1. The minimum Gasteiger partial charge on any atom is -0.465 e. The van der Waals surface area contributed by atoms with Crippen molar-refractivity contribution >= 4 is 39.0 Å². The summed E-state index contributed by atoms with van der Waals surface area (Å²) >= 11 is 1.02. The van der Waals surface area contributed by atoms with Gasteiger partial charge in [0.2, 0.25) is 10.0 Å². The molecule has 2 N–H and O–H groups in total. The maximum atomic E-state index is 12.4. The Kier molecular flexibility index (Phi) is 6.51. The average molecular weight is 399 g/mol. The Hall–Kier alpha value is -2.24. The zero-order valence-corrected chi connectivity index (χ0v) is 16.6. The van der Waals surface area contributed by atoms with Gasteiger partial charge in [0.1, 0.15) is 27.2 Å². The quantitative estimate of drug-likeness (QED) is 0.501. The largest absolute Gasteiger partial charge is 0.465 e. The lowest BCUT2D eigenvalue weighted by molar-refractivity contribution is 0.0602. The number of anilines is 2. The molecule has 0 bridgehead atoms. The van der Waals surface area contributed by atoms with Crippen LogP contribution in [0.4, 0.5) is 11.6 Å². The molecule has 0 aromatic carbocycles. The van der Waals surface area contributed by atoms with E-state index in [0.29, 0.717) is 18.2 Å². The maximum Gasteiger partial charge on any atom is 0.349 e. The van der Waals surface area contributed by atoms with Crippen LogP contribution < -0.4 is 14.9 Å². The fourth-order valence-corrected chi connectivity index (χ4v) is 4.44. The lowest BCUT2D eigenvalue weighted by Crippen LogP contribution is -2.29. The second-order valence-corrected chi connectivity index (χ2v) is 8.13. The standard InChI is InChI=1S/C15H21N5O4S2/c1-10-18-12(9-13(19-10)20(2)3)16-6-7-17-26(22,23)11-5-8-25-14(11)15(21)24-4/h5,8-9,17H,6-7H2,1-4H3,(H,16,18,19). The Morgan fingerprint density at radius 3 is 2.69 bits per heavy atom. The molecule has 0 saturated heterocycles. The van der Waals surface area contributed by atoms with E-state index < -0.39 is 16.0 Å². The topological polar surface area (TPSA) is 114 Å². The van der Waals surface area contributed by atoms with Gasteiger partial charge in [-0.3, -0.25) is 0 Å². The number of thiophene rings is 1. The molecule has 0 amide bonds. The van der Waals surface area contributed by atoms with E-state index in [1.807, 2.05) is 19.0 Å². The minimum atomic E-state index is -3.81. The molecule has 11 heteroatoms. The fourth-order valence-electron chi connectivity index (χ4n) is 2.08. The smallest absolute Gasteiger partial charge is 0.349 e. The first-order chi connectivity index (χ1) is 12.2. The molecule has 0 radical (unpaired) electrons. The fraction of sp³-hybridized carbons (Fsp3) is 0.400. The first-order valence-corrected chi connectivity index (χ1v) is 10.0. The first kappa shape index (κ1) is 20.1. The number of sulfonamides is 1. The first-order valence-electron chi connectivity index (χ1n) is 7.67. The van der Waals surface area contributed by atoms with Crippen molar-refractivity contribution in [3.05, 3.63) is 28.2 Å². The van der Waals surface area contributed by atoms with Crippen molar-refractivity contribution in [2.24, 2.45) is 0 Å². The highest BCUT2D eigenvalue weighted by Gasteiger charge is 2.24. The van der Waals surface area contributed by atoms with Gasteiger partial charge in [0.25, 0.3) is 0 Å². The molecule has 0 aliphatic heterocycles. The molecule has 26 heavy (non-hydrogen) atoms. The van der Waals surface area contributed by atoms with Crippen molar-refractivity contribution in [2.45, 2.75) is 11.8 Å². The van der Waals surface area contributed by atoms with Crippen LogP contribution in [0.3, 0.4) is 0 Å². The van der Waals surface area contributed by atoms with Gasteiger partial charge in [0.15, 0.2) is 0 Å². The lowest BCUT2D eigenvalue weighted by atomic mass is 10.4. The summed E-state index contributed by atoms with van der Waals surface area (Å²) < 4.78 is 31.8. The number of nitrogens with one attached hydrogen (secondary N) is 2. The van der Waals surface area contributed by atoms with Gasteiger partial charge in [0.05, 0.1) is 7.11 Å². The van der Waals surface area contributed by atoms with Crippen LogP contribution in [0.2, 0.25) is 0 Å². The van der Waals surface area contributed by atoms with E-state index in [9.17, 15) is 13.2 Å². The predicted molar refractivity (Wildman–Crippen MR) is 100 cm³/mol. The number of rotatable bonds is 8. The Labute approximate surface area is 156 Å². The van der Waals surface area contributed by atoms with Gasteiger partial charge in [-0.05, 0) is 18.4 Å². The number of ether oxygens (including phenoxy) is 1. The normalized spacial score (nSPS) is 11.2. The summed E-state index contributed by atoms with van der Waals surface area (Å²) in [6.07, 6.45) is 0. The molecule has 0 fully saturated rings. The minimum absolute atomic E-state index is 0.0509. The number of aromatic nitrogens is 2. The summed E-state index contributed by atoms with van der Waals surface area (Å²) in [7, 11) is 1.15. The molecule has 0 saturated carbocycles. The van der Waals surface area contributed by atoms with Crippen molar-refractivity contribution in [3.63, 3.8) is 0 Å². The Bertz CT molecular complexity index is 880. The van der Waals surface area contributed by atoms with E-state index in [1.54, 1.807) is 13.0 Å². The monoisotopic (exact) mass is 399 g/mol. The molecule has 9 nitrogen and oxygen atoms in total. The highest BCUT2D eigenvalue weighted by molar-refractivity contribution is 7.89. The number of carbonyl (C=O) groups excluding carboxylic acids is 1. The molecule has 0 unspecified atom stereocenters. The summed E-state index contributed by atoms with van der Waals surface area (Å²) in [6, 6.07) is 3.15. The van der Waals surface area contributed by atoms with Crippen molar-refractivity contribution < 1.29 is 17.9 Å². The molecular weight excluding hydrogens is 378 g/mol. The molecule has 142 valence electrons. The highest BCUT2D eigenvalue weighted by atomic mass is 32.2. The molecule has 0 atom stereocenters. The van der Waals surface area contributed by atoms with Crippen LogP contribution in [0.25, 0.3) is 0 Å². The molecule has 0 aliphatic carbocycles. The summed E-state index contributed by atoms with van der Waals surface area (Å²) in [4.78, 5) is 22.0. The predicted octanol–water partition coefficient (Wildman–Crippen LogP) is 1.09. The van der Waals surface area contributed by atoms with E-state index in [4.69, 9.17) is 0 Å². The third kappa shape index (κ3) is 4.90. The van der Waals surface area contributed by atoms with Crippen LogP contribution in [-0.4, -0.2) is 58.6 Å². The van der Waals surface area contributed by atoms with E-state index in [0.717, 1.165) is 17.2 Å². The molecule has 2 rings (SSSR count). The summed E-state index contributed by atoms with van der Waals surface area (Å²) in [5, 5.41) is 4.59. The van der Waals surface area contributed by atoms with E-state index >= 15 is 0 Å². The van der Waals surface area contributed by atoms with Crippen molar-refractivity contribution in [2.75, 3.05) is 44.5 Å². The zero-order chi connectivity index (χ0) is 19.3. The van der Waals surface area contributed by atoms with Crippen molar-refractivity contribution in [1.82, 2.24) is 14.7 Å². The molecule has 2 aromatic rings. The number of methoxy groups -OCH3 is 1. The van der Waals surface area contributed by atoms with Crippen LogP contribution in [0, 0.1) is 6.92 Å². The molecule has 2 aromatic heterocycles. The van der Waals surface area contributed by atoms with Crippen LogP contribution in [-0.2, 0) is 14.8 Å². The second kappa shape index (κ2) is 8.43. The van der Waals surface area contributed by atoms with Crippen LogP contribution >= 0.6 is 11.3 Å². The highest BCUT2D eigenvalue weighted by Crippen LogP contribution is 2.22. The van der Waals surface area contributed by atoms with Gasteiger partial charge in [-0.2, -0.15) is 0 Å². The summed E-state index contributed by atoms with van der Waals surface area (Å²) in [5.41, 5.74) is 0. The van der Waals surface area contributed by atoms with E-state index in [-0.39, 0.29) is 16.3 Å². The number of carbonyl (C=O) groups is 1. The van der Waals surface area contributed by atoms with E-state index in [2.05, 4.69) is 24.7 Å². The van der Waals surface area contributed by atoms with Gasteiger partial charge in [-0.1, -0.05) is 0 Å². The van der Waals surface area contributed by atoms with E-state index in [1.165, 1.54) is 18.6 Å². The van der Waals surface area contributed by atoms with Gasteiger partial charge >= 0.3 is 5.97 Å². The Balaban J connectivity index is 1.98. The third-order valence-electron chi connectivity index (χ3n) is 3.30. The van der Waals surface area contributed by atoms with Gasteiger partial charge < -0.3 is 15.0 Å². The van der Waals surface area contributed by atoms with Gasteiger partial charge in [0, 0.05) is 33.3 Å². The van der Waals surface area contributed by atoms with Crippen LogP contribution in [0.5, 0.6) is 0 Å². The Morgan fingerprint density at radius 2 is 2.04 bits per heavy atom. The van der Waals surface area contributed by atoms with Crippen LogP contribution in [0.15, 0.2) is 22.4 Å². The second-order valence-electron chi connectivity index (χ2n) is 5.48. The van der Waals surface area contributed by atoms with Crippen molar-refractivity contribution in [3.8, 4) is 0 Å². The maximum absolute atomic E-state index is 12.4. The summed E-state index contributed by atoms with van der Waals surface area (Å²) in [5.74, 6) is 1.29. The molecule has 0 spiro atoms. The van der Waals surface area contributed by atoms with Crippen molar-refractivity contribution in [1.29, 1.82) is 0 Å². The molecule has 2 heterocycles. The number of nitrogens with zero attached hydrogens (tertiary/aromatic N) is 3.